The van der Waals surface area contributed by atoms with Gasteiger partial charge in [0.1, 0.15) is 25.0 Å². The molecular weight excluding hydrogens is 384 g/mol. The van der Waals surface area contributed by atoms with Crippen LogP contribution in [0.15, 0.2) is 29.2 Å². The molecule has 0 aromatic heterocycles. The van der Waals surface area contributed by atoms with Crippen LogP contribution in [-0.2, 0) is 24.3 Å². The molecule has 1 atom stereocenters. The molecule has 1 aromatic carbocycles. The summed E-state index contributed by atoms with van der Waals surface area (Å²) in [5.74, 6) is -0.109. The van der Waals surface area contributed by atoms with E-state index in [1.807, 2.05) is 0 Å². The minimum atomic E-state index is -3.48. The van der Waals surface area contributed by atoms with Crippen LogP contribution in [0, 0.1) is 5.92 Å². The van der Waals surface area contributed by atoms with Crippen molar-refractivity contribution < 1.29 is 27.5 Å². The van der Waals surface area contributed by atoms with Gasteiger partial charge in [-0.3, -0.25) is 4.79 Å². The third-order valence-corrected chi connectivity index (χ3v) is 6.51. The summed E-state index contributed by atoms with van der Waals surface area (Å²) >= 11 is 0. The summed E-state index contributed by atoms with van der Waals surface area (Å²) in [6.07, 6.45) is 3.91. The maximum atomic E-state index is 12.3. The number of benzene rings is 1. The van der Waals surface area contributed by atoms with Crippen LogP contribution in [-0.4, -0.2) is 58.0 Å². The van der Waals surface area contributed by atoms with Crippen LogP contribution in [0.4, 0.5) is 0 Å². The predicted octanol–water partition coefficient (Wildman–Crippen LogP) is 1.55. The zero-order chi connectivity index (χ0) is 20.7. The SMILES string of the molecule is CC(=O)NC(C(=O)OCCOc1ccc(S(=O)(=O)N(C)C)cc1)C1CCCC1. The highest BCUT2D eigenvalue weighted by Gasteiger charge is 2.32. The minimum absolute atomic E-state index is 0.0411. The fourth-order valence-electron chi connectivity index (χ4n) is 3.19. The van der Waals surface area contributed by atoms with Gasteiger partial charge in [-0.25, -0.2) is 17.5 Å². The van der Waals surface area contributed by atoms with Crippen LogP contribution < -0.4 is 10.1 Å². The fraction of sp³-hybridized carbons (Fsp3) is 0.579. The Morgan fingerprint density at radius 3 is 2.29 bits per heavy atom. The van der Waals surface area contributed by atoms with E-state index in [1.165, 1.54) is 33.2 Å². The number of amides is 1. The Balaban J connectivity index is 1.82. The van der Waals surface area contributed by atoms with Crippen molar-refractivity contribution in [3.05, 3.63) is 24.3 Å². The molecule has 0 saturated heterocycles. The monoisotopic (exact) mass is 412 g/mol. The van der Waals surface area contributed by atoms with E-state index in [2.05, 4.69) is 5.32 Å². The maximum absolute atomic E-state index is 12.3. The lowest BCUT2D eigenvalue weighted by Crippen LogP contribution is -2.45. The number of hydrogen-bond acceptors (Lipinski definition) is 6. The highest BCUT2D eigenvalue weighted by atomic mass is 32.2. The lowest BCUT2D eigenvalue weighted by atomic mass is 9.98. The number of esters is 1. The molecule has 1 saturated carbocycles. The van der Waals surface area contributed by atoms with Gasteiger partial charge in [-0.1, -0.05) is 12.8 Å². The van der Waals surface area contributed by atoms with Gasteiger partial charge in [0.25, 0.3) is 0 Å². The molecule has 8 nitrogen and oxygen atoms in total. The van der Waals surface area contributed by atoms with Crippen LogP contribution in [0.2, 0.25) is 0 Å². The molecule has 1 aromatic rings. The second-order valence-corrected chi connectivity index (χ2v) is 9.15. The van der Waals surface area contributed by atoms with Crippen molar-refractivity contribution >= 4 is 21.9 Å². The first kappa shape index (κ1) is 22.2. The quantitative estimate of drug-likeness (QED) is 0.488. The highest BCUT2D eigenvalue weighted by molar-refractivity contribution is 7.89. The number of nitrogens with one attached hydrogen (secondary N) is 1. The van der Waals surface area contributed by atoms with Gasteiger partial charge in [0.2, 0.25) is 15.9 Å². The van der Waals surface area contributed by atoms with Gasteiger partial charge < -0.3 is 14.8 Å². The summed E-state index contributed by atoms with van der Waals surface area (Å²) < 4.78 is 36.0. The molecule has 0 aliphatic heterocycles. The van der Waals surface area contributed by atoms with Crippen molar-refractivity contribution in [1.29, 1.82) is 0 Å². The average Bonchev–Trinajstić information content (AvgIpc) is 3.17. The Bertz CT molecular complexity index is 770. The molecule has 0 radical (unpaired) electrons. The van der Waals surface area contributed by atoms with Crippen LogP contribution in [0.5, 0.6) is 5.75 Å². The van der Waals surface area contributed by atoms with E-state index in [1.54, 1.807) is 12.1 Å². The number of hydrogen-bond donors (Lipinski definition) is 1. The van der Waals surface area contributed by atoms with Crippen molar-refractivity contribution in [3.8, 4) is 5.75 Å². The highest BCUT2D eigenvalue weighted by Crippen LogP contribution is 2.28. The Labute approximate surface area is 166 Å². The summed E-state index contributed by atoms with van der Waals surface area (Å²) in [6, 6.07) is 5.41. The van der Waals surface area contributed by atoms with Gasteiger partial charge in [-0.05, 0) is 43.0 Å². The van der Waals surface area contributed by atoms with Crippen LogP contribution in [0.25, 0.3) is 0 Å². The minimum Gasteiger partial charge on any atom is -0.490 e. The zero-order valence-corrected chi connectivity index (χ0v) is 17.3. The second-order valence-electron chi connectivity index (χ2n) is 7.00. The average molecular weight is 413 g/mol. The molecule has 0 spiro atoms. The van der Waals surface area contributed by atoms with E-state index in [9.17, 15) is 18.0 Å². The van der Waals surface area contributed by atoms with Crippen LogP contribution in [0.3, 0.4) is 0 Å². The standard InChI is InChI=1S/C19H28N2O6S/c1-14(22)20-18(15-6-4-5-7-15)19(23)27-13-12-26-16-8-10-17(11-9-16)28(24,25)21(2)3/h8-11,15,18H,4-7,12-13H2,1-3H3,(H,20,22). The van der Waals surface area contributed by atoms with Gasteiger partial charge in [-0.2, -0.15) is 0 Å². The Hall–Kier alpha value is -2.13. The van der Waals surface area contributed by atoms with Gasteiger partial charge in [-0.15, -0.1) is 0 Å². The second kappa shape index (κ2) is 9.88. The van der Waals surface area contributed by atoms with Crippen LogP contribution in [0.1, 0.15) is 32.6 Å². The molecule has 9 heteroatoms. The summed E-state index contributed by atoms with van der Waals surface area (Å²) in [4.78, 5) is 23.9. The summed E-state index contributed by atoms with van der Waals surface area (Å²) in [6.45, 7) is 1.56. The van der Waals surface area contributed by atoms with E-state index < -0.39 is 22.0 Å². The van der Waals surface area contributed by atoms with E-state index in [0.29, 0.717) is 5.75 Å². The predicted molar refractivity (Wildman–Crippen MR) is 103 cm³/mol. The summed E-state index contributed by atoms with van der Waals surface area (Å²) in [7, 11) is -0.552. The summed E-state index contributed by atoms with van der Waals surface area (Å²) in [5.41, 5.74) is 0. The molecule has 1 fully saturated rings. The first-order chi connectivity index (χ1) is 13.2. The van der Waals surface area contributed by atoms with E-state index in [0.717, 1.165) is 30.0 Å². The smallest absolute Gasteiger partial charge is 0.329 e. The maximum Gasteiger partial charge on any atom is 0.329 e. The zero-order valence-electron chi connectivity index (χ0n) is 16.5. The number of sulfonamides is 1. The Morgan fingerprint density at radius 2 is 1.75 bits per heavy atom. The molecule has 1 N–H and O–H groups in total. The van der Waals surface area contributed by atoms with Crippen molar-refractivity contribution in [3.63, 3.8) is 0 Å². The third kappa shape index (κ3) is 5.93. The fourth-order valence-corrected chi connectivity index (χ4v) is 4.09. The lowest BCUT2D eigenvalue weighted by molar-refractivity contribution is -0.150. The van der Waals surface area contributed by atoms with E-state index in [-0.39, 0.29) is 29.9 Å². The number of nitrogens with zero attached hydrogens (tertiary/aromatic N) is 1. The van der Waals surface area contributed by atoms with Gasteiger partial charge in [0, 0.05) is 21.0 Å². The van der Waals surface area contributed by atoms with E-state index >= 15 is 0 Å². The molecular formula is C19H28N2O6S. The summed E-state index contributed by atoms with van der Waals surface area (Å²) in [5, 5.41) is 2.69. The first-order valence-corrected chi connectivity index (χ1v) is 10.7. The van der Waals surface area contributed by atoms with Crippen LogP contribution >= 0.6 is 0 Å². The largest absolute Gasteiger partial charge is 0.490 e. The number of ether oxygens (including phenoxy) is 2. The van der Waals surface area contributed by atoms with Gasteiger partial charge in [0.15, 0.2) is 0 Å². The molecule has 156 valence electrons. The van der Waals surface area contributed by atoms with E-state index in [4.69, 9.17) is 9.47 Å². The van der Waals surface area contributed by atoms with Gasteiger partial charge in [0.05, 0.1) is 4.90 Å². The normalized spacial score (nSPS) is 16.0. The molecule has 1 aliphatic carbocycles. The number of carbonyl (C=O) groups is 2. The first-order valence-electron chi connectivity index (χ1n) is 9.31. The molecule has 1 aliphatic rings. The Kier molecular flexibility index (Phi) is 7.82. The molecule has 0 bridgehead atoms. The number of rotatable bonds is 9. The lowest BCUT2D eigenvalue weighted by Gasteiger charge is -2.22. The van der Waals surface area contributed by atoms with Crippen molar-refractivity contribution in [2.75, 3.05) is 27.3 Å². The van der Waals surface area contributed by atoms with Crippen molar-refractivity contribution in [2.45, 2.75) is 43.5 Å². The van der Waals surface area contributed by atoms with Gasteiger partial charge >= 0.3 is 5.97 Å². The number of carbonyl (C=O) groups excluding carboxylic acids is 2. The third-order valence-electron chi connectivity index (χ3n) is 4.68. The molecule has 1 amide bonds. The molecule has 28 heavy (non-hydrogen) atoms. The van der Waals surface area contributed by atoms with Crippen molar-refractivity contribution in [1.82, 2.24) is 9.62 Å². The topological polar surface area (TPSA) is 102 Å². The molecule has 2 rings (SSSR count). The Morgan fingerprint density at radius 1 is 1.14 bits per heavy atom. The molecule has 1 unspecified atom stereocenters. The van der Waals surface area contributed by atoms with Crippen molar-refractivity contribution in [2.24, 2.45) is 5.92 Å². The molecule has 0 heterocycles.